The Bertz CT molecular complexity index is 1020. The number of aromatic nitrogens is 2. The number of carbonyl (C=O) groups excluding carboxylic acids is 1. The average molecular weight is 432 g/mol. The smallest absolute Gasteiger partial charge is 0.227 e. The lowest BCUT2D eigenvalue weighted by atomic mass is 9.94. The van der Waals surface area contributed by atoms with Crippen molar-refractivity contribution in [1.29, 1.82) is 0 Å². The highest BCUT2D eigenvalue weighted by atomic mass is 35.5. The van der Waals surface area contributed by atoms with Gasteiger partial charge in [0.05, 0.1) is 12.1 Å². The number of carbonyl (C=O) groups is 1. The van der Waals surface area contributed by atoms with Gasteiger partial charge in [-0.2, -0.15) is 4.98 Å². The van der Waals surface area contributed by atoms with E-state index in [-0.39, 0.29) is 17.4 Å². The second-order valence-electron chi connectivity index (χ2n) is 7.27. The number of nitrogens with zero attached hydrogens (tertiary/aromatic N) is 2. The fourth-order valence-corrected chi connectivity index (χ4v) is 3.44. The van der Waals surface area contributed by atoms with Crippen molar-refractivity contribution in [3.05, 3.63) is 64.8 Å². The summed E-state index contributed by atoms with van der Waals surface area (Å²) < 4.78 is 24.0. The van der Waals surface area contributed by atoms with Crippen LogP contribution in [0.5, 0.6) is 5.75 Å². The molecule has 3 rings (SSSR count). The van der Waals surface area contributed by atoms with E-state index in [9.17, 15) is 9.18 Å². The van der Waals surface area contributed by atoms with Gasteiger partial charge in [-0.05, 0) is 62.7 Å². The predicted octanol–water partition coefficient (Wildman–Crippen LogP) is 4.91. The molecule has 0 aliphatic heterocycles. The van der Waals surface area contributed by atoms with Gasteiger partial charge in [0.1, 0.15) is 11.6 Å². The number of aryl methyl sites for hydroxylation is 1. The first-order valence-corrected chi connectivity index (χ1v) is 9.98. The van der Waals surface area contributed by atoms with Gasteiger partial charge in [0.25, 0.3) is 0 Å². The van der Waals surface area contributed by atoms with Crippen molar-refractivity contribution >= 4 is 17.5 Å². The monoisotopic (exact) mass is 431 g/mol. The summed E-state index contributed by atoms with van der Waals surface area (Å²) in [5, 5.41) is 7.14. The third kappa shape index (κ3) is 5.36. The maximum Gasteiger partial charge on any atom is 0.227 e. The molecule has 0 spiro atoms. The first-order valence-electron chi connectivity index (χ1n) is 9.61. The van der Waals surface area contributed by atoms with E-state index in [1.165, 1.54) is 12.1 Å². The molecule has 1 heterocycles. The van der Waals surface area contributed by atoms with E-state index in [2.05, 4.69) is 15.5 Å². The molecule has 0 atom stereocenters. The molecule has 0 unspecified atom stereocenters. The van der Waals surface area contributed by atoms with E-state index in [4.69, 9.17) is 20.9 Å². The highest BCUT2D eigenvalue weighted by Crippen LogP contribution is 2.28. The Morgan fingerprint density at radius 2 is 1.97 bits per heavy atom. The van der Waals surface area contributed by atoms with E-state index in [1.54, 1.807) is 19.9 Å². The number of halogens is 2. The SMILES string of the molecule is CCOc1ccc(-c2noc(CCC(=O)NC(C)(C)c3ccc(F)cc3Cl)n2)cc1. The Kier molecular flexibility index (Phi) is 6.72. The van der Waals surface area contributed by atoms with Crippen LogP contribution in [0.4, 0.5) is 4.39 Å². The van der Waals surface area contributed by atoms with E-state index in [0.29, 0.717) is 30.3 Å². The normalized spacial score (nSPS) is 11.4. The van der Waals surface area contributed by atoms with Gasteiger partial charge >= 0.3 is 0 Å². The van der Waals surface area contributed by atoms with E-state index < -0.39 is 11.4 Å². The van der Waals surface area contributed by atoms with Gasteiger partial charge in [-0.1, -0.05) is 22.8 Å². The first-order chi connectivity index (χ1) is 14.3. The molecule has 0 saturated carbocycles. The second kappa shape index (κ2) is 9.26. The fraction of sp³-hybridized carbons (Fsp3) is 0.318. The van der Waals surface area contributed by atoms with Gasteiger partial charge in [-0.15, -0.1) is 0 Å². The predicted molar refractivity (Wildman–Crippen MR) is 112 cm³/mol. The molecule has 1 amide bonds. The van der Waals surface area contributed by atoms with E-state index in [0.717, 1.165) is 11.3 Å². The van der Waals surface area contributed by atoms with Gasteiger partial charge in [-0.25, -0.2) is 4.39 Å². The van der Waals surface area contributed by atoms with Gasteiger partial charge < -0.3 is 14.6 Å². The Hall–Kier alpha value is -2.93. The van der Waals surface area contributed by atoms with Crippen molar-refractivity contribution in [3.8, 4) is 17.1 Å². The van der Waals surface area contributed by atoms with Gasteiger partial charge in [0.15, 0.2) is 0 Å². The molecule has 1 N–H and O–H groups in total. The first kappa shape index (κ1) is 21.8. The minimum atomic E-state index is -0.760. The highest BCUT2D eigenvalue weighted by Gasteiger charge is 2.25. The zero-order valence-corrected chi connectivity index (χ0v) is 17.8. The van der Waals surface area contributed by atoms with Crippen LogP contribution in [0.2, 0.25) is 5.02 Å². The summed E-state index contributed by atoms with van der Waals surface area (Å²) in [4.78, 5) is 16.8. The van der Waals surface area contributed by atoms with Crippen molar-refractivity contribution in [2.24, 2.45) is 0 Å². The van der Waals surface area contributed by atoms with Crippen LogP contribution in [0.15, 0.2) is 47.0 Å². The molecule has 1 aromatic heterocycles. The molecule has 0 saturated heterocycles. The Morgan fingerprint density at radius 3 is 2.63 bits per heavy atom. The molecule has 30 heavy (non-hydrogen) atoms. The van der Waals surface area contributed by atoms with Crippen LogP contribution >= 0.6 is 11.6 Å². The highest BCUT2D eigenvalue weighted by molar-refractivity contribution is 6.31. The third-order valence-electron chi connectivity index (χ3n) is 4.51. The molecule has 0 aliphatic carbocycles. The molecule has 0 radical (unpaired) electrons. The Balaban J connectivity index is 1.58. The maximum atomic E-state index is 13.3. The summed E-state index contributed by atoms with van der Waals surface area (Å²) in [5.74, 6) is 0.955. The molecule has 8 heteroatoms. The number of nitrogens with one attached hydrogen (secondary N) is 1. The summed E-state index contributed by atoms with van der Waals surface area (Å²) >= 11 is 6.13. The topological polar surface area (TPSA) is 77.2 Å². The van der Waals surface area contributed by atoms with Crippen molar-refractivity contribution < 1.29 is 18.4 Å². The molecule has 158 valence electrons. The van der Waals surface area contributed by atoms with Crippen LogP contribution in [-0.4, -0.2) is 22.7 Å². The quantitative estimate of drug-likeness (QED) is 0.548. The number of hydrogen-bond donors (Lipinski definition) is 1. The summed E-state index contributed by atoms with van der Waals surface area (Å²) in [6.45, 7) is 6.13. The van der Waals surface area contributed by atoms with Crippen LogP contribution in [0, 0.1) is 5.82 Å². The summed E-state index contributed by atoms with van der Waals surface area (Å²) in [6.07, 6.45) is 0.455. The Morgan fingerprint density at radius 1 is 1.23 bits per heavy atom. The lowest BCUT2D eigenvalue weighted by Gasteiger charge is -2.28. The lowest BCUT2D eigenvalue weighted by Crippen LogP contribution is -2.41. The third-order valence-corrected chi connectivity index (χ3v) is 4.83. The number of benzene rings is 2. The largest absolute Gasteiger partial charge is 0.494 e. The second-order valence-corrected chi connectivity index (χ2v) is 7.67. The molecule has 3 aromatic rings. The zero-order chi connectivity index (χ0) is 21.7. The van der Waals surface area contributed by atoms with Crippen LogP contribution in [0.25, 0.3) is 11.4 Å². The number of amides is 1. The summed E-state index contributed by atoms with van der Waals surface area (Å²) in [5.41, 5.74) is 0.670. The maximum absolute atomic E-state index is 13.3. The van der Waals surface area contributed by atoms with Crippen molar-refractivity contribution in [3.63, 3.8) is 0 Å². The molecule has 0 fully saturated rings. The van der Waals surface area contributed by atoms with Crippen LogP contribution in [0.1, 0.15) is 38.6 Å². The lowest BCUT2D eigenvalue weighted by molar-refractivity contribution is -0.122. The van der Waals surface area contributed by atoms with Crippen molar-refractivity contribution in [1.82, 2.24) is 15.5 Å². The van der Waals surface area contributed by atoms with Crippen molar-refractivity contribution in [2.75, 3.05) is 6.61 Å². The molecular formula is C22H23ClFN3O3. The molecule has 0 aliphatic rings. The molecular weight excluding hydrogens is 409 g/mol. The standard InChI is InChI=1S/C22H23ClFN3O3/c1-4-29-16-8-5-14(6-9-16)21-25-20(30-27-21)12-11-19(28)26-22(2,3)17-10-7-15(24)13-18(17)23/h5-10,13H,4,11-12H2,1-3H3,(H,26,28). The Labute approximate surface area is 179 Å². The van der Waals surface area contributed by atoms with Crippen LogP contribution in [-0.2, 0) is 16.8 Å². The van der Waals surface area contributed by atoms with Gasteiger partial charge in [0, 0.05) is 23.4 Å². The van der Waals surface area contributed by atoms with E-state index >= 15 is 0 Å². The molecule has 0 bridgehead atoms. The number of ether oxygens (including phenoxy) is 1. The van der Waals surface area contributed by atoms with Crippen molar-refractivity contribution in [2.45, 2.75) is 39.2 Å². The molecule has 6 nitrogen and oxygen atoms in total. The minimum Gasteiger partial charge on any atom is -0.494 e. The summed E-state index contributed by atoms with van der Waals surface area (Å²) in [6, 6.07) is 11.5. The summed E-state index contributed by atoms with van der Waals surface area (Å²) in [7, 11) is 0. The van der Waals surface area contributed by atoms with Crippen LogP contribution < -0.4 is 10.1 Å². The van der Waals surface area contributed by atoms with Gasteiger partial charge in [-0.3, -0.25) is 4.79 Å². The number of hydrogen-bond acceptors (Lipinski definition) is 5. The zero-order valence-electron chi connectivity index (χ0n) is 17.0. The van der Waals surface area contributed by atoms with Gasteiger partial charge in [0.2, 0.25) is 17.6 Å². The van der Waals surface area contributed by atoms with E-state index in [1.807, 2.05) is 31.2 Å². The van der Waals surface area contributed by atoms with Crippen LogP contribution in [0.3, 0.4) is 0 Å². The number of rotatable bonds is 8. The molecule has 2 aromatic carbocycles. The fourth-order valence-electron chi connectivity index (χ4n) is 3.04. The average Bonchev–Trinajstić information content (AvgIpc) is 3.15. The minimum absolute atomic E-state index is 0.160.